The smallest absolute Gasteiger partial charge is 0.311 e. The minimum absolute atomic E-state index is 0.0181. The SMILES string of the molecule is CC1=CCC[C@]2(C)C[C@H]3OC(=O)[C@H](CN4CCN(c5cccc(C)c5)[C@H](C)C4)[C@H]3C=C12. The number of hydrogen-bond donors (Lipinski definition) is 0. The second-order valence-corrected chi connectivity index (χ2v) is 10.6. The molecule has 0 unspecified atom stereocenters. The summed E-state index contributed by atoms with van der Waals surface area (Å²) in [5.74, 6) is 0.209. The predicted molar refractivity (Wildman–Crippen MR) is 125 cm³/mol. The van der Waals surface area contributed by atoms with Crippen molar-refractivity contribution in [2.24, 2.45) is 17.3 Å². The van der Waals surface area contributed by atoms with E-state index in [1.54, 1.807) is 0 Å². The summed E-state index contributed by atoms with van der Waals surface area (Å²) in [6.45, 7) is 12.8. The third-order valence-corrected chi connectivity index (χ3v) is 8.20. The summed E-state index contributed by atoms with van der Waals surface area (Å²) < 4.78 is 5.96. The molecule has 0 bridgehead atoms. The maximum Gasteiger partial charge on any atom is 0.311 e. The van der Waals surface area contributed by atoms with Crippen LogP contribution in [0.4, 0.5) is 5.69 Å². The van der Waals surface area contributed by atoms with E-state index in [2.05, 4.69) is 73.9 Å². The molecular weight excluding hydrogens is 384 g/mol. The summed E-state index contributed by atoms with van der Waals surface area (Å²) in [7, 11) is 0. The Bertz CT molecular complexity index is 935. The van der Waals surface area contributed by atoms with Crippen molar-refractivity contribution in [2.45, 2.75) is 59.1 Å². The molecule has 0 N–H and O–H groups in total. The number of rotatable bonds is 3. The Morgan fingerprint density at radius 3 is 2.84 bits per heavy atom. The molecule has 0 aromatic heterocycles. The van der Waals surface area contributed by atoms with Gasteiger partial charge in [0.2, 0.25) is 0 Å². The maximum atomic E-state index is 12.9. The summed E-state index contributed by atoms with van der Waals surface area (Å²) in [6, 6.07) is 9.21. The molecule has 0 spiro atoms. The van der Waals surface area contributed by atoms with Gasteiger partial charge >= 0.3 is 5.97 Å². The van der Waals surface area contributed by atoms with Gasteiger partial charge in [-0.1, -0.05) is 36.8 Å². The number of benzene rings is 1. The summed E-state index contributed by atoms with van der Waals surface area (Å²) in [6.07, 6.45) is 8.13. The monoisotopic (exact) mass is 420 g/mol. The molecular formula is C27H36N2O2. The van der Waals surface area contributed by atoms with E-state index >= 15 is 0 Å². The number of aryl methyl sites for hydroxylation is 1. The number of hydrogen-bond acceptors (Lipinski definition) is 4. The standard InChI is InChI=1S/C27H36N2O2/c1-18-7-5-9-21(13-18)29-12-11-28(16-20(29)3)17-23-22-14-24-19(2)8-6-10-27(24,4)15-25(22)31-26(23)30/h5,7-9,13-14,20,22-23,25H,6,10-12,15-17H2,1-4H3/t20-,22-,23-,25-,27-/m1/s1. The first-order valence-corrected chi connectivity index (χ1v) is 12.0. The lowest BCUT2D eigenvalue weighted by atomic mass is 9.62. The highest BCUT2D eigenvalue weighted by Gasteiger charge is 2.51. The van der Waals surface area contributed by atoms with Gasteiger partial charge in [0.1, 0.15) is 6.10 Å². The van der Waals surface area contributed by atoms with Crippen molar-refractivity contribution in [3.8, 4) is 0 Å². The Hall–Kier alpha value is -2.07. The fraction of sp³-hybridized carbons (Fsp3) is 0.593. The highest BCUT2D eigenvalue weighted by atomic mass is 16.6. The van der Waals surface area contributed by atoms with Crippen LogP contribution in [-0.2, 0) is 9.53 Å². The van der Waals surface area contributed by atoms with E-state index in [-0.39, 0.29) is 29.3 Å². The van der Waals surface area contributed by atoms with Crippen LogP contribution in [0.25, 0.3) is 0 Å². The van der Waals surface area contributed by atoms with E-state index < -0.39 is 0 Å². The van der Waals surface area contributed by atoms with Crippen LogP contribution in [-0.4, -0.2) is 49.2 Å². The lowest BCUT2D eigenvalue weighted by Crippen LogP contribution is -2.53. The van der Waals surface area contributed by atoms with Crippen molar-refractivity contribution in [3.63, 3.8) is 0 Å². The average molecular weight is 421 g/mol. The first-order valence-electron chi connectivity index (χ1n) is 12.0. The molecule has 5 rings (SSSR count). The van der Waals surface area contributed by atoms with Gasteiger partial charge in [-0.05, 0) is 68.7 Å². The quantitative estimate of drug-likeness (QED) is 0.661. The highest BCUT2D eigenvalue weighted by molar-refractivity contribution is 5.76. The number of nitrogens with zero attached hydrogens (tertiary/aromatic N) is 2. The number of fused-ring (bicyclic) bond motifs is 2. The fourth-order valence-corrected chi connectivity index (χ4v) is 6.51. The number of anilines is 1. The maximum absolute atomic E-state index is 12.9. The average Bonchev–Trinajstić information content (AvgIpc) is 3.00. The first kappa shape index (κ1) is 20.8. The van der Waals surface area contributed by atoms with Gasteiger partial charge in [0.05, 0.1) is 5.92 Å². The van der Waals surface area contributed by atoms with Gasteiger partial charge in [-0.3, -0.25) is 9.69 Å². The van der Waals surface area contributed by atoms with Gasteiger partial charge in [-0.25, -0.2) is 0 Å². The number of carbonyl (C=O) groups excluding carboxylic acids is 1. The number of esters is 1. The van der Waals surface area contributed by atoms with Crippen LogP contribution in [0.15, 0.2) is 47.6 Å². The predicted octanol–water partition coefficient (Wildman–Crippen LogP) is 4.74. The summed E-state index contributed by atoms with van der Waals surface area (Å²) in [5, 5.41) is 0. The van der Waals surface area contributed by atoms with Gasteiger partial charge in [-0.15, -0.1) is 0 Å². The molecule has 31 heavy (non-hydrogen) atoms. The van der Waals surface area contributed by atoms with Crippen LogP contribution in [0.5, 0.6) is 0 Å². The number of allylic oxidation sites excluding steroid dienone is 3. The zero-order valence-corrected chi connectivity index (χ0v) is 19.4. The van der Waals surface area contributed by atoms with Gasteiger partial charge < -0.3 is 9.64 Å². The van der Waals surface area contributed by atoms with Gasteiger partial charge in [0.15, 0.2) is 0 Å². The third-order valence-electron chi connectivity index (χ3n) is 8.20. The molecule has 0 amide bonds. The minimum Gasteiger partial charge on any atom is -0.461 e. The summed E-state index contributed by atoms with van der Waals surface area (Å²) in [5.41, 5.74) is 5.66. The second kappa shape index (κ2) is 7.81. The molecule has 2 saturated heterocycles. The van der Waals surface area contributed by atoms with Crippen molar-refractivity contribution in [2.75, 3.05) is 31.1 Å². The van der Waals surface area contributed by atoms with Crippen molar-refractivity contribution in [3.05, 3.63) is 53.1 Å². The van der Waals surface area contributed by atoms with E-state index in [9.17, 15) is 4.79 Å². The lowest BCUT2D eigenvalue weighted by molar-refractivity contribution is -0.145. The molecule has 2 aliphatic heterocycles. The van der Waals surface area contributed by atoms with E-state index in [0.29, 0.717) is 6.04 Å². The normalized spacial score (nSPS) is 35.7. The Morgan fingerprint density at radius 1 is 1.23 bits per heavy atom. The van der Waals surface area contributed by atoms with Crippen molar-refractivity contribution in [1.29, 1.82) is 0 Å². The molecule has 5 atom stereocenters. The fourth-order valence-electron chi connectivity index (χ4n) is 6.51. The van der Waals surface area contributed by atoms with Gasteiger partial charge in [-0.2, -0.15) is 0 Å². The van der Waals surface area contributed by atoms with Crippen LogP contribution < -0.4 is 4.90 Å². The molecule has 1 aromatic rings. The molecule has 2 fully saturated rings. The largest absolute Gasteiger partial charge is 0.461 e. The van der Waals surface area contributed by atoms with Crippen LogP contribution in [0.3, 0.4) is 0 Å². The number of ether oxygens (including phenoxy) is 1. The van der Waals surface area contributed by atoms with E-state index in [1.165, 1.54) is 28.8 Å². The van der Waals surface area contributed by atoms with Crippen LogP contribution in [0.2, 0.25) is 0 Å². The van der Waals surface area contributed by atoms with Crippen molar-refractivity contribution >= 4 is 11.7 Å². The van der Waals surface area contributed by atoms with E-state index in [1.807, 2.05) is 0 Å². The molecule has 2 heterocycles. The molecule has 4 heteroatoms. The van der Waals surface area contributed by atoms with Crippen LogP contribution in [0, 0.1) is 24.2 Å². The first-order chi connectivity index (χ1) is 14.8. The minimum atomic E-state index is -0.0329. The Kier molecular flexibility index (Phi) is 5.24. The highest BCUT2D eigenvalue weighted by Crippen LogP contribution is 2.52. The van der Waals surface area contributed by atoms with Crippen molar-refractivity contribution in [1.82, 2.24) is 4.90 Å². The van der Waals surface area contributed by atoms with Gasteiger partial charge in [0.25, 0.3) is 0 Å². The zero-order chi connectivity index (χ0) is 21.8. The molecule has 1 aromatic carbocycles. The second-order valence-electron chi connectivity index (χ2n) is 10.6. The number of carbonyl (C=O) groups is 1. The third kappa shape index (κ3) is 3.73. The molecule has 166 valence electrons. The Morgan fingerprint density at radius 2 is 2.06 bits per heavy atom. The lowest BCUT2D eigenvalue weighted by Gasteiger charge is -2.44. The Labute approximate surface area is 186 Å². The molecule has 4 aliphatic rings. The zero-order valence-electron chi connectivity index (χ0n) is 19.4. The Balaban J connectivity index is 1.30. The van der Waals surface area contributed by atoms with Crippen molar-refractivity contribution < 1.29 is 9.53 Å². The van der Waals surface area contributed by atoms with E-state index in [4.69, 9.17) is 4.74 Å². The van der Waals surface area contributed by atoms with Crippen LogP contribution >= 0.6 is 0 Å². The summed E-state index contributed by atoms with van der Waals surface area (Å²) in [4.78, 5) is 17.9. The molecule has 4 nitrogen and oxygen atoms in total. The summed E-state index contributed by atoms with van der Waals surface area (Å²) >= 11 is 0. The topological polar surface area (TPSA) is 32.8 Å². The van der Waals surface area contributed by atoms with Crippen LogP contribution in [0.1, 0.15) is 45.6 Å². The molecule has 0 radical (unpaired) electrons. The van der Waals surface area contributed by atoms with Gasteiger partial charge in [0, 0.05) is 43.8 Å². The molecule has 2 aliphatic carbocycles. The molecule has 0 saturated carbocycles. The van der Waals surface area contributed by atoms with E-state index in [0.717, 1.165) is 39.0 Å². The number of piperazine rings is 1.